The SMILES string of the molecule is CNc1c(C=O)cnc2c1cc(C)n2O. The Morgan fingerprint density at radius 3 is 2.93 bits per heavy atom. The minimum Gasteiger partial charge on any atom is -0.427 e. The molecule has 2 rings (SSSR count). The van der Waals surface area contributed by atoms with Crippen LogP contribution in [0.25, 0.3) is 11.0 Å². The van der Waals surface area contributed by atoms with E-state index in [0.29, 0.717) is 22.6 Å². The van der Waals surface area contributed by atoms with Gasteiger partial charge in [-0.15, -0.1) is 0 Å². The average Bonchev–Trinajstić information content (AvgIpc) is 2.54. The predicted octanol–water partition coefficient (Wildman–Crippen LogP) is 1.44. The minimum absolute atomic E-state index is 0.447. The fourth-order valence-electron chi connectivity index (χ4n) is 1.64. The fourth-order valence-corrected chi connectivity index (χ4v) is 1.64. The molecule has 5 heteroatoms. The summed E-state index contributed by atoms with van der Waals surface area (Å²) in [6, 6.07) is 1.78. The van der Waals surface area contributed by atoms with Crippen LogP contribution in [0.3, 0.4) is 0 Å². The summed E-state index contributed by atoms with van der Waals surface area (Å²) in [6.45, 7) is 1.77. The van der Waals surface area contributed by atoms with Crippen LogP contribution in [0.4, 0.5) is 5.69 Å². The maximum Gasteiger partial charge on any atom is 0.177 e. The smallest absolute Gasteiger partial charge is 0.177 e. The summed E-state index contributed by atoms with van der Waals surface area (Å²) in [4.78, 5) is 14.8. The zero-order valence-electron chi connectivity index (χ0n) is 8.48. The Labute approximate surface area is 86.3 Å². The highest BCUT2D eigenvalue weighted by atomic mass is 16.5. The number of anilines is 1. The lowest BCUT2D eigenvalue weighted by atomic mass is 10.2. The lowest BCUT2D eigenvalue weighted by Gasteiger charge is -2.04. The molecular weight excluding hydrogens is 194 g/mol. The maximum atomic E-state index is 10.8. The van der Waals surface area contributed by atoms with Crippen molar-refractivity contribution in [1.82, 2.24) is 9.71 Å². The van der Waals surface area contributed by atoms with Gasteiger partial charge in [0.15, 0.2) is 11.9 Å². The van der Waals surface area contributed by atoms with E-state index in [-0.39, 0.29) is 0 Å². The number of hydrogen-bond acceptors (Lipinski definition) is 4. The Hall–Kier alpha value is -2.04. The molecule has 2 aromatic heterocycles. The van der Waals surface area contributed by atoms with Crippen LogP contribution < -0.4 is 5.32 Å². The van der Waals surface area contributed by atoms with Gasteiger partial charge < -0.3 is 10.5 Å². The highest BCUT2D eigenvalue weighted by Gasteiger charge is 2.12. The van der Waals surface area contributed by atoms with Gasteiger partial charge >= 0.3 is 0 Å². The van der Waals surface area contributed by atoms with Crippen molar-refractivity contribution in [3.63, 3.8) is 0 Å². The summed E-state index contributed by atoms with van der Waals surface area (Å²) in [5.41, 5.74) is 2.29. The van der Waals surface area contributed by atoms with Crippen molar-refractivity contribution < 1.29 is 10.0 Å². The van der Waals surface area contributed by atoms with E-state index in [2.05, 4.69) is 10.3 Å². The van der Waals surface area contributed by atoms with E-state index < -0.39 is 0 Å². The molecule has 0 radical (unpaired) electrons. The van der Waals surface area contributed by atoms with Crippen molar-refractivity contribution in [2.45, 2.75) is 6.92 Å². The number of aryl methyl sites for hydroxylation is 1. The highest BCUT2D eigenvalue weighted by molar-refractivity contribution is 5.99. The van der Waals surface area contributed by atoms with Crippen LogP contribution in [0.15, 0.2) is 12.3 Å². The summed E-state index contributed by atoms with van der Waals surface area (Å²) in [5.74, 6) is 0. The number of aromatic nitrogens is 2. The Morgan fingerprint density at radius 2 is 2.33 bits per heavy atom. The van der Waals surface area contributed by atoms with Gasteiger partial charge in [-0.3, -0.25) is 4.79 Å². The summed E-state index contributed by atoms with van der Waals surface area (Å²) in [6.07, 6.45) is 2.18. The number of nitrogens with one attached hydrogen (secondary N) is 1. The van der Waals surface area contributed by atoms with Crippen molar-refractivity contribution in [1.29, 1.82) is 0 Å². The number of aldehydes is 1. The zero-order chi connectivity index (χ0) is 11.0. The molecule has 2 heterocycles. The minimum atomic E-state index is 0.447. The molecule has 0 unspecified atom stereocenters. The zero-order valence-corrected chi connectivity index (χ0v) is 8.48. The van der Waals surface area contributed by atoms with Crippen molar-refractivity contribution in [2.24, 2.45) is 0 Å². The van der Waals surface area contributed by atoms with Gasteiger partial charge in [0, 0.05) is 18.6 Å². The summed E-state index contributed by atoms with van der Waals surface area (Å²) < 4.78 is 1.00. The third-order valence-corrected chi connectivity index (χ3v) is 2.39. The van der Waals surface area contributed by atoms with E-state index in [1.54, 1.807) is 20.0 Å². The second-order valence-electron chi connectivity index (χ2n) is 3.29. The Balaban J connectivity index is 2.88. The lowest BCUT2D eigenvalue weighted by molar-refractivity contribution is 0.112. The molecule has 0 saturated heterocycles. The van der Waals surface area contributed by atoms with E-state index in [4.69, 9.17) is 0 Å². The molecule has 0 bridgehead atoms. The topological polar surface area (TPSA) is 67.2 Å². The average molecular weight is 205 g/mol. The molecule has 0 spiro atoms. The van der Waals surface area contributed by atoms with Gasteiger partial charge in [-0.25, -0.2) is 4.98 Å². The molecule has 5 nitrogen and oxygen atoms in total. The van der Waals surface area contributed by atoms with Gasteiger partial charge in [-0.1, -0.05) is 0 Å². The predicted molar refractivity (Wildman–Crippen MR) is 56.6 cm³/mol. The number of carbonyl (C=O) groups is 1. The third kappa shape index (κ3) is 1.24. The Bertz CT molecular complexity index is 531. The van der Waals surface area contributed by atoms with Gasteiger partial charge in [-0.05, 0) is 13.0 Å². The molecule has 0 aromatic carbocycles. The molecule has 0 aliphatic rings. The molecule has 0 amide bonds. The molecule has 0 aliphatic heterocycles. The standard InChI is InChI=1S/C10H11N3O2/c1-6-3-8-9(11-2)7(5-14)4-12-10(8)13(6)15/h3-5,15H,1-2H3,(H,11,12). The first-order valence-corrected chi connectivity index (χ1v) is 4.52. The lowest BCUT2D eigenvalue weighted by Crippen LogP contribution is -1.98. The van der Waals surface area contributed by atoms with E-state index >= 15 is 0 Å². The monoisotopic (exact) mass is 205 g/mol. The fraction of sp³-hybridized carbons (Fsp3) is 0.200. The van der Waals surface area contributed by atoms with Crippen LogP contribution >= 0.6 is 0 Å². The molecule has 2 aromatic rings. The maximum absolute atomic E-state index is 10.8. The van der Waals surface area contributed by atoms with E-state index in [1.165, 1.54) is 6.20 Å². The van der Waals surface area contributed by atoms with Crippen molar-refractivity contribution in [3.8, 4) is 0 Å². The van der Waals surface area contributed by atoms with E-state index in [1.807, 2.05) is 0 Å². The first kappa shape index (κ1) is 9.51. The van der Waals surface area contributed by atoms with E-state index in [0.717, 1.165) is 16.4 Å². The molecule has 0 aliphatic carbocycles. The van der Waals surface area contributed by atoms with Crippen molar-refractivity contribution in [3.05, 3.63) is 23.5 Å². The summed E-state index contributed by atoms with van der Waals surface area (Å²) in [7, 11) is 1.73. The third-order valence-electron chi connectivity index (χ3n) is 2.39. The van der Waals surface area contributed by atoms with Gasteiger partial charge in [0.2, 0.25) is 0 Å². The van der Waals surface area contributed by atoms with Crippen LogP contribution in [-0.2, 0) is 0 Å². The number of pyridine rings is 1. The van der Waals surface area contributed by atoms with Crippen LogP contribution in [0.2, 0.25) is 0 Å². The highest BCUT2D eigenvalue weighted by Crippen LogP contribution is 2.26. The van der Waals surface area contributed by atoms with Crippen molar-refractivity contribution in [2.75, 3.05) is 12.4 Å². The largest absolute Gasteiger partial charge is 0.427 e. The number of hydrogen-bond donors (Lipinski definition) is 2. The Morgan fingerprint density at radius 1 is 1.60 bits per heavy atom. The van der Waals surface area contributed by atoms with Gasteiger partial charge in [0.05, 0.1) is 16.9 Å². The summed E-state index contributed by atoms with van der Waals surface area (Å²) >= 11 is 0. The molecule has 0 saturated carbocycles. The van der Waals surface area contributed by atoms with Crippen LogP contribution in [0.1, 0.15) is 16.1 Å². The molecule has 15 heavy (non-hydrogen) atoms. The van der Waals surface area contributed by atoms with Gasteiger partial charge in [0.1, 0.15) is 0 Å². The molecule has 78 valence electrons. The second-order valence-corrected chi connectivity index (χ2v) is 3.29. The normalized spacial score (nSPS) is 10.5. The van der Waals surface area contributed by atoms with Crippen LogP contribution in [-0.4, -0.2) is 28.3 Å². The van der Waals surface area contributed by atoms with Gasteiger partial charge in [0.25, 0.3) is 0 Å². The number of nitrogens with zero attached hydrogens (tertiary/aromatic N) is 2. The van der Waals surface area contributed by atoms with Crippen LogP contribution in [0.5, 0.6) is 0 Å². The number of carbonyl (C=O) groups excluding carboxylic acids is 1. The molecular formula is C10H11N3O2. The van der Waals surface area contributed by atoms with Crippen LogP contribution in [0, 0.1) is 6.92 Å². The molecule has 0 atom stereocenters. The first-order valence-electron chi connectivity index (χ1n) is 4.52. The Kier molecular flexibility index (Phi) is 2.07. The van der Waals surface area contributed by atoms with E-state index in [9.17, 15) is 10.0 Å². The quantitative estimate of drug-likeness (QED) is 0.575. The molecule has 2 N–H and O–H groups in total. The number of rotatable bonds is 2. The number of fused-ring (bicyclic) bond motifs is 1. The molecule has 0 fully saturated rings. The second kappa shape index (κ2) is 3.27. The first-order chi connectivity index (χ1) is 7.19. The van der Waals surface area contributed by atoms with Crippen molar-refractivity contribution >= 4 is 23.0 Å². The van der Waals surface area contributed by atoms with Gasteiger partial charge in [-0.2, -0.15) is 4.73 Å². The summed E-state index contributed by atoms with van der Waals surface area (Å²) in [5, 5.41) is 13.3.